The lowest BCUT2D eigenvalue weighted by Gasteiger charge is -2.16. The van der Waals surface area contributed by atoms with Crippen LogP contribution < -0.4 is 5.32 Å². The zero-order valence-electron chi connectivity index (χ0n) is 8.96. The van der Waals surface area contributed by atoms with Crippen molar-refractivity contribution in [3.8, 4) is 0 Å². The Kier molecular flexibility index (Phi) is 6.32. The van der Waals surface area contributed by atoms with Crippen LogP contribution >= 0.6 is 11.8 Å². The fourth-order valence-corrected chi connectivity index (χ4v) is 2.77. The van der Waals surface area contributed by atoms with Gasteiger partial charge in [0.15, 0.2) is 0 Å². The summed E-state index contributed by atoms with van der Waals surface area (Å²) >= 11 is 1.87. The summed E-state index contributed by atoms with van der Waals surface area (Å²) in [6.45, 7) is 1.17. The van der Waals surface area contributed by atoms with E-state index in [9.17, 15) is 0 Å². The van der Waals surface area contributed by atoms with Gasteiger partial charge in [-0.3, -0.25) is 0 Å². The highest BCUT2D eigenvalue weighted by Gasteiger charge is 2.09. The Morgan fingerprint density at radius 1 is 1.57 bits per heavy atom. The maximum Gasteiger partial charge on any atom is 0.0562 e. The van der Waals surface area contributed by atoms with Crippen LogP contribution in [0.3, 0.4) is 0 Å². The Labute approximate surface area is 91.2 Å². The molecule has 1 aliphatic rings. The van der Waals surface area contributed by atoms with Crippen LogP contribution in [0, 0.1) is 0 Å². The summed E-state index contributed by atoms with van der Waals surface area (Å²) in [4.78, 5) is 0. The van der Waals surface area contributed by atoms with E-state index in [4.69, 9.17) is 5.11 Å². The van der Waals surface area contributed by atoms with Crippen LogP contribution in [0.1, 0.15) is 25.7 Å². The minimum Gasteiger partial charge on any atom is -0.395 e. The Morgan fingerprint density at radius 3 is 3.00 bits per heavy atom. The van der Waals surface area contributed by atoms with Gasteiger partial charge in [-0.1, -0.05) is 11.6 Å². The Morgan fingerprint density at radius 2 is 2.43 bits per heavy atom. The molecule has 0 spiro atoms. The second-order valence-corrected chi connectivity index (χ2v) is 5.07. The van der Waals surface area contributed by atoms with E-state index in [1.54, 1.807) is 5.57 Å². The fraction of sp³-hybridized carbons (Fsp3) is 0.818. The van der Waals surface area contributed by atoms with Crippen molar-refractivity contribution < 1.29 is 5.11 Å². The molecule has 0 aliphatic heterocycles. The standard InChI is InChI=1S/C11H21NOS/c1-12-7-11(8-13)14-9-10-5-3-2-4-6-10/h5,11-13H,2-4,6-9H2,1H3. The Hall–Kier alpha value is 0.01000. The van der Waals surface area contributed by atoms with Gasteiger partial charge in [-0.2, -0.15) is 11.8 Å². The molecule has 1 atom stereocenters. The second-order valence-electron chi connectivity index (χ2n) is 3.78. The van der Waals surface area contributed by atoms with Crippen molar-refractivity contribution in [2.45, 2.75) is 30.9 Å². The van der Waals surface area contributed by atoms with Crippen LogP contribution in [0.25, 0.3) is 0 Å². The molecule has 3 heteroatoms. The summed E-state index contributed by atoms with van der Waals surface area (Å²) in [5.41, 5.74) is 1.58. The third kappa shape index (κ3) is 4.49. The van der Waals surface area contributed by atoms with Crippen LogP contribution in [-0.4, -0.2) is 36.3 Å². The molecule has 0 saturated carbocycles. The van der Waals surface area contributed by atoms with Crippen molar-refractivity contribution in [1.82, 2.24) is 5.32 Å². The lowest BCUT2D eigenvalue weighted by atomic mass is 10.0. The molecule has 2 nitrogen and oxygen atoms in total. The Bertz CT molecular complexity index is 182. The van der Waals surface area contributed by atoms with Gasteiger partial charge in [0.1, 0.15) is 0 Å². The summed E-state index contributed by atoms with van der Waals surface area (Å²) in [5.74, 6) is 1.10. The summed E-state index contributed by atoms with van der Waals surface area (Å²) in [6.07, 6.45) is 7.61. The number of hydrogen-bond donors (Lipinski definition) is 2. The first kappa shape index (κ1) is 12.1. The van der Waals surface area contributed by atoms with Crippen LogP contribution in [0.5, 0.6) is 0 Å². The summed E-state index contributed by atoms with van der Waals surface area (Å²) < 4.78 is 0. The molecular formula is C11H21NOS. The lowest BCUT2D eigenvalue weighted by molar-refractivity contribution is 0.293. The van der Waals surface area contributed by atoms with Crippen molar-refractivity contribution in [3.05, 3.63) is 11.6 Å². The van der Waals surface area contributed by atoms with Gasteiger partial charge in [-0.15, -0.1) is 0 Å². The molecule has 2 N–H and O–H groups in total. The van der Waals surface area contributed by atoms with Gasteiger partial charge in [-0.25, -0.2) is 0 Å². The largest absolute Gasteiger partial charge is 0.395 e. The number of hydrogen-bond acceptors (Lipinski definition) is 3. The Balaban J connectivity index is 2.19. The zero-order valence-corrected chi connectivity index (χ0v) is 9.78. The van der Waals surface area contributed by atoms with Crippen molar-refractivity contribution in [3.63, 3.8) is 0 Å². The monoisotopic (exact) mass is 215 g/mol. The zero-order chi connectivity index (χ0) is 10.2. The summed E-state index contributed by atoms with van der Waals surface area (Å²) in [7, 11) is 1.93. The number of thioether (sulfide) groups is 1. The topological polar surface area (TPSA) is 32.3 Å². The molecular weight excluding hydrogens is 194 g/mol. The highest BCUT2D eigenvalue weighted by atomic mass is 32.2. The first-order valence-electron chi connectivity index (χ1n) is 5.41. The normalized spacial score (nSPS) is 19.1. The molecule has 14 heavy (non-hydrogen) atoms. The molecule has 0 aromatic rings. The third-order valence-corrected chi connectivity index (χ3v) is 3.85. The van der Waals surface area contributed by atoms with Crippen LogP contribution in [0.2, 0.25) is 0 Å². The molecule has 0 saturated heterocycles. The van der Waals surface area contributed by atoms with E-state index in [2.05, 4.69) is 11.4 Å². The number of aliphatic hydroxyl groups excluding tert-OH is 1. The van der Waals surface area contributed by atoms with Crippen LogP contribution in [0.15, 0.2) is 11.6 Å². The molecule has 0 bridgehead atoms. The molecule has 1 unspecified atom stereocenters. The number of aliphatic hydroxyl groups is 1. The van der Waals surface area contributed by atoms with Crippen molar-refractivity contribution in [2.75, 3.05) is 26.0 Å². The predicted octanol–water partition coefficient (Wildman–Crippen LogP) is 1.80. The predicted molar refractivity (Wildman–Crippen MR) is 63.8 cm³/mol. The first-order chi connectivity index (χ1) is 6.86. The van der Waals surface area contributed by atoms with Crippen LogP contribution in [-0.2, 0) is 0 Å². The number of allylic oxidation sites excluding steroid dienone is 1. The van der Waals surface area contributed by atoms with Crippen molar-refractivity contribution >= 4 is 11.8 Å². The van der Waals surface area contributed by atoms with Gasteiger partial charge < -0.3 is 10.4 Å². The van der Waals surface area contributed by atoms with Crippen molar-refractivity contribution in [1.29, 1.82) is 0 Å². The van der Waals surface area contributed by atoms with E-state index >= 15 is 0 Å². The van der Waals surface area contributed by atoms with E-state index in [0.29, 0.717) is 5.25 Å². The third-order valence-electron chi connectivity index (χ3n) is 2.52. The molecule has 0 heterocycles. The van der Waals surface area contributed by atoms with Crippen molar-refractivity contribution in [2.24, 2.45) is 0 Å². The van der Waals surface area contributed by atoms with E-state index in [0.717, 1.165) is 12.3 Å². The second kappa shape index (κ2) is 7.32. The van der Waals surface area contributed by atoms with Gasteiger partial charge in [0, 0.05) is 17.5 Å². The fourth-order valence-electron chi connectivity index (χ4n) is 1.66. The van der Waals surface area contributed by atoms with E-state index in [1.165, 1.54) is 25.7 Å². The maximum atomic E-state index is 9.11. The molecule has 0 aromatic carbocycles. The molecule has 0 amide bonds. The average Bonchev–Trinajstić information content (AvgIpc) is 2.25. The quantitative estimate of drug-likeness (QED) is 0.663. The maximum absolute atomic E-state index is 9.11. The lowest BCUT2D eigenvalue weighted by Crippen LogP contribution is -2.24. The van der Waals surface area contributed by atoms with Gasteiger partial charge in [-0.05, 0) is 32.7 Å². The van der Waals surface area contributed by atoms with Gasteiger partial charge in [0.25, 0.3) is 0 Å². The number of rotatable bonds is 6. The van der Waals surface area contributed by atoms with Gasteiger partial charge in [0.05, 0.1) is 6.61 Å². The smallest absolute Gasteiger partial charge is 0.0562 e. The molecule has 0 radical (unpaired) electrons. The van der Waals surface area contributed by atoms with E-state index in [1.807, 2.05) is 18.8 Å². The molecule has 1 rings (SSSR count). The minimum atomic E-state index is 0.277. The van der Waals surface area contributed by atoms with E-state index in [-0.39, 0.29) is 6.61 Å². The molecule has 1 aliphatic carbocycles. The molecule has 82 valence electrons. The minimum absolute atomic E-state index is 0.277. The summed E-state index contributed by atoms with van der Waals surface area (Å²) in [6, 6.07) is 0. The SMILES string of the molecule is CNCC(CO)SCC1=CCCCC1. The van der Waals surface area contributed by atoms with Crippen LogP contribution in [0.4, 0.5) is 0 Å². The molecule has 0 fully saturated rings. The average molecular weight is 215 g/mol. The first-order valence-corrected chi connectivity index (χ1v) is 6.46. The molecule has 0 aromatic heterocycles. The van der Waals surface area contributed by atoms with Gasteiger partial charge in [0.2, 0.25) is 0 Å². The number of nitrogens with one attached hydrogen (secondary N) is 1. The van der Waals surface area contributed by atoms with E-state index < -0.39 is 0 Å². The van der Waals surface area contributed by atoms with Gasteiger partial charge >= 0.3 is 0 Å². The highest BCUT2D eigenvalue weighted by molar-refractivity contribution is 8.00. The summed E-state index contributed by atoms with van der Waals surface area (Å²) in [5, 5.41) is 12.6. The highest BCUT2D eigenvalue weighted by Crippen LogP contribution is 2.22.